The van der Waals surface area contributed by atoms with Crippen molar-refractivity contribution < 1.29 is 9.59 Å². The van der Waals surface area contributed by atoms with Gasteiger partial charge in [0.05, 0.1) is 0 Å². The molecule has 8 nitrogen and oxygen atoms in total. The van der Waals surface area contributed by atoms with E-state index >= 15 is 0 Å². The monoisotopic (exact) mass is 488 g/mol. The van der Waals surface area contributed by atoms with Crippen LogP contribution in [-0.2, 0) is 6.42 Å². The molecule has 6 rings (SSSR count). The second-order valence-electron chi connectivity index (χ2n) is 10.9. The molecule has 1 aliphatic carbocycles. The molecule has 0 bridgehead atoms. The summed E-state index contributed by atoms with van der Waals surface area (Å²) in [5.41, 5.74) is 2.62. The van der Waals surface area contributed by atoms with Crippen molar-refractivity contribution in [3.8, 4) is 0 Å². The van der Waals surface area contributed by atoms with Crippen molar-refractivity contribution >= 4 is 23.4 Å². The summed E-state index contributed by atoms with van der Waals surface area (Å²) in [4.78, 5) is 41.3. The number of benzene rings is 1. The molecule has 2 aromatic rings. The van der Waals surface area contributed by atoms with Crippen molar-refractivity contribution in [3.05, 3.63) is 47.9 Å². The topological polar surface area (TPSA) is 81.7 Å². The molecule has 3 amide bonds. The largest absolute Gasteiger partial charge is 0.356 e. The van der Waals surface area contributed by atoms with Gasteiger partial charge in [-0.1, -0.05) is 37.5 Å². The van der Waals surface area contributed by atoms with Crippen molar-refractivity contribution in [3.63, 3.8) is 0 Å². The number of rotatable bonds is 3. The Morgan fingerprint density at radius 3 is 2.58 bits per heavy atom. The van der Waals surface area contributed by atoms with E-state index in [9.17, 15) is 9.59 Å². The number of hydrogen-bond donors (Lipinski definition) is 1. The Labute approximate surface area is 213 Å². The lowest BCUT2D eigenvalue weighted by molar-refractivity contribution is 0.0515. The molecule has 190 valence electrons. The number of piperidine rings is 2. The molecule has 4 heterocycles. The van der Waals surface area contributed by atoms with Gasteiger partial charge in [-0.25, -0.2) is 14.8 Å². The minimum absolute atomic E-state index is 0.00458. The van der Waals surface area contributed by atoms with Gasteiger partial charge in [0, 0.05) is 50.5 Å². The van der Waals surface area contributed by atoms with Crippen LogP contribution in [-0.4, -0.2) is 70.5 Å². The van der Waals surface area contributed by atoms with Gasteiger partial charge in [-0.3, -0.25) is 4.79 Å². The van der Waals surface area contributed by atoms with Gasteiger partial charge in [0.2, 0.25) is 0 Å². The predicted octanol–water partition coefficient (Wildman–Crippen LogP) is 4.19. The smallest absolute Gasteiger partial charge is 0.322 e. The maximum absolute atomic E-state index is 13.3. The highest BCUT2D eigenvalue weighted by molar-refractivity contribution is 5.93. The number of amides is 3. The number of para-hydroxylation sites is 1. The van der Waals surface area contributed by atoms with E-state index in [0.29, 0.717) is 11.6 Å². The van der Waals surface area contributed by atoms with Crippen LogP contribution in [0.1, 0.15) is 61.0 Å². The van der Waals surface area contributed by atoms with Crippen LogP contribution in [0.2, 0.25) is 0 Å². The molecule has 1 N–H and O–H groups in total. The van der Waals surface area contributed by atoms with Gasteiger partial charge < -0.3 is 20.0 Å². The average Bonchev–Trinajstić information content (AvgIpc) is 3.10. The van der Waals surface area contributed by atoms with E-state index in [-0.39, 0.29) is 18.0 Å². The summed E-state index contributed by atoms with van der Waals surface area (Å²) >= 11 is 0. The van der Waals surface area contributed by atoms with Crippen molar-refractivity contribution in [1.82, 2.24) is 19.8 Å². The zero-order valence-electron chi connectivity index (χ0n) is 20.9. The lowest BCUT2D eigenvalue weighted by Crippen LogP contribution is -2.49. The predicted molar refractivity (Wildman–Crippen MR) is 139 cm³/mol. The van der Waals surface area contributed by atoms with Gasteiger partial charge in [0.15, 0.2) is 0 Å². The van der Waals surface area contributed by atoms with Gasteiger partial charge in [-0.15, -0.1) is 0 Å². The first-order valence-electron chi connectivity index (χ1n) is 13.7. The summed E-state index contributed by atoms with van der Waals surface area (Å²) in [5.74, 6) is 2.30. The fourth-order valence-electron chi connectivity index (χ4n) is 6.73. The summed E-state index contributed by atoms with van der Waals surface area (Å²) in [6.07, 6.45) is 10.5. The summed E-state index contributed by atoms with van der Waals surface area (Å²) < 4.78 is 0. The van der Waals surface area contributed by atoms with Crippen LogP contribution in [0, 0.1) is 11.8 Å². The third-order valence-corrected chi connectivity index (χ3v) is 8.82. The zero-order valence-corrected chi connectivity index (χ0v) is 20.9. The number of urea groups is 1. The van der Waals surface area contributed by atoms with Crippen molar-refractivity contribution in [2.45, 2.75) is 57.4 Å². The third kappa shape index (κ3) is 4.65. The Balaban J connectivity index is 1.07. The summed E-state index contributed by atoms with van der Waals surface area (Å²) in [5, 5.41) is 3.09. The molecular weight excluding hydrogens is 452 g/mol. The Morgan fingerprint density at radius 2 is 1.72 bits per heavy atom. The normalized spacial score (nSPS) is 25.0. The second kappa shape index (κ2) is 10.1. The second-order valence-corrected chi connectivity index (χ2v) is 10.9. The minimum atomic E-state index is -0.00458. The molecule has 2 saturated heterocycles. The molecule has 0 spiro atoms. The molecule has 36 heavy (non-hydrogen) atoms. The van der Waals surface area contributed by atoms with E-state index in [4.69, 9.17) is 0 Å². The third-order valence-electron chi connectivity index (χ3n) is 8.82. The number of nitrogens with one attached hydrogen (secondary N) is 1. The molecule has 1 saturated carbocycles. The van der Waals surface area contributed by atoms with Crippen molar-refractivity contribution in [1.29, 1.82) is 0 Å². The van der Waals surface area contributed by atoms with Crippen molar-refractivity contribution in [2.24, 2.45) is 11.8 Å². The fourth-order valence-corrected chi connectivity index (χ4v) is 6.73. The standard InChI is InChI=1S/C28H36N6O2/c35-27(33-13-9-20-5-1-2-7-22(20)18-33)25-17-26(30-19-29-25)32-14-11-23(12-15-32)34-16-10-21-6-3-4-8-24(21)31-28(34)36/h3-4,6,8,17,19-20,22-23H,1-2,5,7,9-16,18H2,(H,31,36). The summed E-state index contributed by atoms with van der Waals surface area (Å²) in [7, 11) is 0. The highest BCUT2D eigenvalue weighted by Crippen LogP contribution is 2.36. The maximum atomic E-state index is 13.3. The number of fused-ring (bicyclic) bond motifs is 2. The Kier molecular flexibility index (Phi) is 6.50. The highest BCUT2D eigenvalue weighted by atomic mass is 16.2. The Hall–Kier alpha value is -3.16. The maximum Gasteiger partial charge on any atom is 0.322 e. The van der Waals surface area contributed by atoms with Gasteiger partial charge in [-0.05, 0) is 55.6 Å². The lowest BCUT2D eigenvalue weighted by Gasteiger charge is -2.41. The molecule has 2 atom stereocenters. The van der Waals surface area contributed by atoms with E-state index in [2.05, 4.69) is 26.3 Å². The number of hydrogen-bond acceptors (Lipinski definition) is 5. The van der Waals surface area contributed by atoms with Crippen LogP contribution in [0.25, 0.3) is 0 Å². The Bertz CT molecular complexity index is 1110. The van der Waals surface area contributed by atoms with Crippen LogP contribution in [0.3, 0.4) is 0 Å². The number of carbonyl (C=O) groups is 2. The fraction of sp³-hybridized carbons (Fsp3) is 0.571. The number of aromatic nitrogens is 2. The molecule has 3 fully saturated rings. The molecule has 8 heteroatoms. The average molecular weight is 489 g/mol. The molecule has 3 aliphatic heterocycles. The van der Waals surface area contributed by atoms with Gasteiger partial charge in [0.25, 0.3) is 5.91 Å². The number of carbonyl (C=O) groups excluding carboxylic acids is 2. The molecule has 1 aromatic heterocycles. The number of likely N-dealkylation sites (tertiary alicyclic amines) is 1. The number of nitrogens with zero attached hydrogens (tertiary/aromatic N) is 5. The van der Waals surface area contributed by atoms with Crippen LogP contribution < -0.4 is 10.2 Å². The molecule has 0 radical (unpaired) electrons. The van der Waals surface area contributed by atoms with Crippen LogP contribution >= 0.6 is 0 Å². The first kappa shape index (κ1) is 23.3. The summed E-state index contributed by atoms with van der Waals surface area (Å²) in [6.45, 7) is 4.05. The van der Waals surface area contributed by atoms with E-state index in [1.807, 2.05) is 34.1 Å². The molecule has 4 aliphatic rings. The minimum Gasteiger partial charge on any atom is -0.356 e. The van der Waals surface area contributed by atoms with E-state index in [1.165, 1.54) is 37.6 Å². The Morgan fingerprint density at radius 1 is 0.917 bits per heavy atom. The zero-order chi connectivity index (χ0) is 24.5. The van der Waals surface area contributed by atoms with E-state index < -0.39 is 0 Å². The van der Waals surface area contributed by atoms with Crippen LogP contribution in [0.15, 0.2) is 36.7 Å². The molecular formula is C28H36N6O2. The quantitative estimate of drug-likeness (QED) is 0.701. The summed E-state index contributed by atoms with van der Waals surface area (Å²) in [6, 6.07) is 10.1. The van der Waals surface area contributed by atoms with E-state index in [0.717, 1.165) is 75.8 Å². The van der Waals surface area contributed by atoms with Gasteiger partial charge >= 0.3 is 6.03 Å². The number of anilines is 2. The van der Waals surface area contributed by atoms with Gasteiger partial charge in [-0.2, -0.15) is 0 Å². The first-order chi connectivity index (χ1) is 17.7. The molecule has 1 aromatic carbocycles. The first-order valence-corrected chi connectivity index (χ1v) is 13.7. The van der Waals surface area contributed by atoms with Crippen LogP contribution in [0.5, 0.6) is 0 Å². The lowest BCUT2D eigenvalue weighted by atomic mass is 9.75. The van der Waals surface area contributed by atoms with Crippen LogP contribution in [0.4, 0.5) is 16.3 Å². The molecule has 2 unspecified atom stereocenters. The van der Waals surface area contributed by atoms with E-state index in [1.54, 1.807) is 0 Å². The SMILES string of the molecule is O=C(c1cc(N2CCC(N3CCc4ccccc4NC3=O)CC2)ncn1)N1CCC2CCCCC2C1. The van der Waals surface area contributed by atoms with Crippen molar-refractivity contribution in [2.75, 3.05) is 42.9 Å². The highest BCUT2D eigenvalue weighted by Gasteiger charge is 2.34. The van der Waals surface area contributed by atoms with Gasteiger partial charge in [0.1, 0.15) is 17.8 Å².